The lowest BCUT2D eigenvalue weighted by molar-refractivity contribution is -0.134. The smallest absolute Gasteiger partial charge is 0.244 e. The van der Waals surface area contributed by atoms with Gasteiger partial charge in [0.2, 0.25) is 5.91 Å². The second-order valence-corrected chi connectivity index (χ2v) is 7.00. The van der Waals surface area contributed by atoms with Gasteiger partial charge in [-0.3, -0.25) is 9.48 Å². The molecule has 1 unspecified atom stereocenters. The largest absolute Gasteiger partial charge is 0.341 e. The summed E-state index contributed by atoms with van der Waals surface area (Å²) < 4.78 is 2.96. The summed E-state index contributed by atoms with van der Waals surface area (Å²) in [6.07, 6.45) is 5.59. The molecule has 0 spiro atoms. The van der Waals surface area contributed by atoms with Crippen LogP contribution in [0.1, 0.15) is 36.1 Å². The van der Waals surface area contributed by atoms with Crippen LogP contribution in [0, 0.1) is 6.92 Å². The number of likely N-dealkylation sites (tertiary alicyclic amines) is 1. The van der Waals surface area contributed by atoms with Gasteiger partial charge >= 0.3 is 0 Å². The third-order valence-corrected chi connectivity index (χ3v) is 4.83. The molecule has 1 fully saturated rings. The maximum atomic E-state index is 12.6. The molecule has 2 heterocycles. The Labute approximate surface area is 156 Å². The van der Waals surface area contributed by atoms with Crippen LogP contribution >= 0.6 is 28.3 Å². The van der Waals surface area contributed by atoms with Gasteiger partial charge in [0, 0.05) is 19.3 Å². The summed E-state index contributed by atoms with van der Waals surface area (Å²) in [6.45, 7) is 3.47. The Morgan fingerprint density at radius 2 is 1.92 bits per heavy atom. The second kappa shape index (κ2) is 8.14. The summed E-state index contributed by atoms with van der Waals surface area (Å²) in [5.41, 5.74) is 8.19. The van der Waals surface area contributed by atoms with E-state index < -0.39 is 6.04 Å². The molecule has 5 nitrogen and oxygen atoms in total. The quantitative estimate of drug-likeness (QED) is 0.840. The number of nitrogens with two attached hydrogens (primary N) is 1. The fraction of sp³-hybridized carbons (Fsp3) is 0.412. The number of piperidine rings is 1. The predicted octanol–water partition coefficient (Wildman–Crippen LogP) is 3.24. The molecule has 1 aromatic heterocycles. The molecule has 1 aliphatic rings. The van der Waals surface area contributed by atoms with Crippen molar-refractivity contribution in [2.24, 2.45) is 5.73 Å². The molecule has 3 rings (SSSR count). The van der Waals surface area contributed by atoms with Gasteiger partial charge in [0.05, 0.1) is 16.7 Å². The molecular formula is C17H22BrClN4O. The molecule has 0 bridgehead atoms. The van der Waals surface area contributed by atoms with Gasteiger partial charge in [-0.15, -0.1) is 12.4 Å². The maximum absolute atomic E-state index is 12.6. The van der Waals surface area contributed by atoms with Gasteiger partial charge in [0.25, 0.3) is 0 Å². The summed E-state index contributed by atoms with van der Waals surface area (Å²) >= 11 is 3.42. The number of amides is 1. The maximum Gasteiger partial charge on any atom is 0.244 e. The number of aromatic nitrogens is 2. The van der Waals surface area contributed by atoms with Crippen LogP contribution in [-0.2, 0) is 4.79 Å². The van der Waals surface area contributed by atoms with Crippen LogP contribution in [-0.4, -0.2) is 33.7 Å². The third-order valence-electron chi connectivity index (χ3n) is 4.42. The highest BCUT2D eigenvalue weighted by molar-refractivity contribution is 9.10. The van der Waals surface area contributed by atoms with E-state index in [0.717, 1.165) is 36.0 Å². The Hall–Kier alpha value is -1.37. The van der Waals surface area contributed by atoms with Crippen LogP contribution < -0.4 is 5.73 Å². The van der Waals surface area contributed by atoms with Crippen LogP contribution in [0.15, 0.2) is 41.1 Å². The van der Waals surface area contributed by atoms with E-state index in [9.17, 15) is 4.79 Å². The molecule has 2 N–H and O–H groups in total. The van der Waals surface area contributed by atoms with E-state index in [1.54, 1.807) is 6.20 Å². The summed E-state index contributed by atoms with van der Waals surface area (Å²) in [5.74, 6) is 0.00829. The number of carbonyl (C=O) groups excluding carboxylic acids is 1. The first kappa shape index (κ1) is 19.0. The standard InChI is InChI=1S/C17H21BrN4O.ClH/c1-12-2-4-13(5-3-12)16(19)17(23)21-8-6-15(7-9-21)22-11-14(18)10-20-22;/h2-5,10-11,15-16H,6-9,19H2,1H3;1H. The second-order valence-electron chi connectivity index (χ2n) is 6.08. The Bertz CT molecular complexity index is 680. The van der Waals surface area contributed by atoms with Gasteiger partial charge in [0.1, 0.15) is 6.04 Å². The fourth-order valence-corrected chi connectivity index (χ4v) is 3.28. The number of halogens is 2. The van der Waals surface area contributed by atoms with E-state index >= 15 is 0 Å². The zero-order valence-corrected chi connectivity index (χ0v) is 16.0. The fourth-order valence-electron chi connectivity index (χ4n) is 2.98. The highest BCUT2D eigenvalue weighted by Gasteiger charge is 2.28. The number of hydrogen-bond acceptors (Lipinski definition) is 3. The van der Waals surface area contributed by atoms with Gasteiger partial charge in [-0.2, -0.15) is 5.10 Å². The minimum Gasteiger partial charge on any atom is -0.341 e. The SMILES string of the molecule is Cc1ccc(C(N)C(=O)N2CCC(n3cc(Br)cn3)CC2)cc1.Cl. The van der Waals surface area contributed by atoms with E-state index in [2.05, 4.69) is 21.0 Å². The highest BCUT2D eigenvalue weighted by Crippen LogP contribution is 2.25. The van der Waals surface area contributed by atoms with Crippen molar-refractivity contribution in [2.45, 2.75) is 31.8 Å². The summed E-state index contributed by atoms with van der Waals surface area (Å²) in [6, 6.07) is 7.62. The van der Waals surface area contributed by atoms with Crippen LogP contribution in [0.25, 0.3) is 0 Å². The van der Waals surface area contributed by atoms with Crippen molar-refractivity contribution in [3.05, 3.63) is 52.3 Å². The number of aryl methyl sites for hydroxylation is 1. The Morgan fingerprint density at radius 1 is 1.29 bits per heavy atom. The van der Waals surface area contributed by atoms with E-state index in [4.69, 9.17) is 5.73 Å². The minimum absolute atomic E-state index is 0. The van der Waals surface area contributed by atoms with E-state index in [1.807, 2.05) is 47.0 Å². The molecule has 1 amide bonds. The average Bonchev–Trinajstić information content (AvgIpc) is 3.01. The normalized spacial score (nSPS) is 16.5. The molecule has 2 aromatic rings. The van der Waals surface area contributed by atoms with Crippen molar-refractivity contribution in [3.63, 3.8) is 0 Å². The highest BCUT2D eigenvalue weighted by atomic mass is 79.9. The van der Waals surface area contributed by atoms with Gasteiger partial charge in [-0.05, 0) is 41.3 Å². The van der Waals surface area contributed by atoms with Gasteiger partial charge in [-0.25, -0.2) is 0 Å². The number of nitrogens with zero attached hydrogens (tertiary/aromatic N) is 3. The van der Waals surface area contributed by atoms with Gasteiger partial charge < -0.3 is 10.6 Å². The lowest BCUT2D eigenvalue weighted by atomic mass is 10.0. The number of carbonyl (C=O) groups is 1. The van der Waals surface area contributed by atoms with E-state index in [-0.39, 0.29) is 18.3 Å². The first-order valence-electron chi connectivity index (χ1n) is 7.85. The lowest BCUT2D eigenvalue weighted by Crippen LogP contribution is -2.43. The summed E-state index contributed by atoms with van der Waals surface area (Å²) in [7, 11) is 0. The van der Waals surface area contributed by atoms with Crippen LogP contribution in [0.3, 0.4) is 0 Å². The molecule has 130 valence electrons. The molecular weight excluding hydrogens is 392 g/mol. The van der Waals surface area contributed by atoms with Crippen molar-refractivity contribution < 1.29 is 4.79 Å². The van der Waals surface area contributed by atoms with Crippen molar-refractivity contribution in [3.8, 4) is 0 Å². The molecule has 0 aliphatic carbocycles. The zero-order valence-electron chi connectivity index (χ0n) is 13.6. The molecule has 1 atom stereocenters. The van der Waals surface area contributed by atoms with Crippen molar-refractivity contribution in [2.75, 3.05) is 13.1 Å². The van der Waals surface area contributed by atoms with E-state index in [0.29, 0.717) is 6.04 Å². The van der Waals surface area contributed by atoms with Gasteiger partial charge in [-0.1, -0.05) is 29.8 Å². The number of hydrogen-bond donors (Lipinski definition) is 1. The monoisotopic (exact) mass is 412 g/mol. The Morgan fingerprint density at radius 3 is 2.46 bits per heavy atom. The van der Waals surface area contributed by atoms with Crippen LogP contribution in [0.2, 0.25) is 0 Å². The Balaban J connectivity index is 0.00000208. The Kier molecular flexibility index (Phi) is 6.43. The molecule has 1 saturated heterocycles. The molecule has 0 saturated carbocycles. The molecule has 1 aliphatic heterocycles. The van der Waals surface area contributed by atoms with Crippen LogP contribution in [0.5, 0.6) is 0 Å². The molecule has 24 heavy (non-hydrogen) atoms. The summed E-state index contributed by atoms with van der Waals surface area (Å²) in [5, 5.41) is 4.34. The van der Waals surface area contributed by atoms with Crippen molar-refractivity contribution in [1.82, 2.24) is 14.7 Å². The first-order chi connectivity index (χ1) is 11.0. The molecule has 0 radical (unpaired) electrons. The summed E-state index contributed by atoms with van der Waals surface area (Å²) in [4.78, 5) is 14.5. The van der Waals surface area contributed by atoms with Crippen molar-refractivity contribution >= 4 is 34.2 Å². The van der Waals surface area contributed by atoms with E-state index in [1.165, 1.54) is 5.56 Å². The van der Waals surface area contributed by atoms with Crippen LogP contribution in [0.4, 0.5) is 0 Å². The van der Waals surface area contributed by atoms with Crippen molar-refractivity contribution in [1.29, 1.82) is 0 Å². The molecule has 7 heteroatoms. The first-order valence-corrected chi connectivity index (χ1v) is 8.64. The zero-order chi connectivity index (χ0) is 16.4. The molecule has 1 aromatic carbocycles. The average molecular weight is 414 g/mol. The van der Waals surface area contributed by atoms with Gasteiger partial charge in [0.15, 0.2) is 0 Å². The third kappa shape index (κ3) is 4.18. The lowest BCUT2D eigenvalue weighted by Gasteiger charge is -2.33. The number of benzene rings is 1. The topological polar surface area (TPSA) is 64.2 Å². The predicted molar refractivity (Wildman–Crippen MR) is 100 cm³/mol. The minimum atomic E-state index is -0.578. The number of rotatable bonds is 3.